The van der Waals surface area contributed by atoms with Gasteiger partial charge in [0.05, 0.1) is 13.0 Å². The first-order valence-corrected chi connectivity index (χ1v) is 7.41. The molecule has 1 aliphatic heterocycles. The Labute approximate surface area is 118 Å². The van der Waals surface area contributed by atoms with Crippen molar-refractivity contribution in [3.63, 3.8) is 0 Å². The third-order valence-corrected chi connectivity index (χ3v) is 4.88. The number of hydrogen-bond acceptors (Lipinski definition) is 4. The van der Waals surface area contributed by atoms with Crippen LogP contribution in [0.1, 0.15) is 22.5 Å². The minimum atomic E-state index is -0.224. The van der Waals surface area contributed by atoms with Crippen molar-refractivity contribution in [1.82, 2.24) is 4.90 Å². The third kappa shape index (κ3) is 2.75. The van der Waals surface area contributed by atoms with Gasteiger partial charge in [0.15, 0.2) is 0 Å². The summed E-state index contributed by atoms with van der Waals surface area (Å²) < 4.78 is 5.57. The highest BCUT2D eigenvalue weighted by Gasteiger charge is 2.30. The van der Waals surface area contributed by atoms with E-state index in [1.54, 1.807) is 4.90 Å². The number of piperidine rings is 1. The van der Waals surface area contributed by atoms with Crippen LogP contribution in [0.3, 0.4) is 0 Å². The molecular weight excluding hydrogens is 318 g/mol. The lowest BCUT2D eigenvalue weighted by molar-refractivity contribution is -0.146. The molecule has 18 heavy (non-hydrogen) atoms. The van der Waals surface area contributed by atoms with Crippen molar-refractivity contribution in [2.75, 3.05) is 20.2 Å². The molecule has 1 aromatic rings. The number of carbonyl (C=O) groups is 2. The second-order valence-corrected chi connectivity index (χ2v) is 5.98. The second kappa shape index (κ2) is 5.84. The summed E-state index contributed by atoms with van der Waals surface area (Å²) in [4.78, 5) is 26.2. The number of hydrogen-bond donors (Lipinski definition) is 0. The van der Waals surface area contributed by atoms with Gasteiger partial charge in [-0.05, 0) is 40.2 Å². The SMILES string of the molecule is COC(=O)C1CCCN(C(=O)c2sccc2Br)C1. The predicted octanol–water partition coefficient (Wildman–Crippen LogP) is 2.54. The molecule has 0 N–H and O–H groups in total. The van der Waals surface area contributed by atoms with E-state index in [0.29, 0.717) is 18.0 Å². The molecule has 0 aliphatic carbocycles. The zero-order chi connectivity index (χ0) is 13.1. The van der Waals surface area contributed by atoms with Crippen molar-refractivity contribution in [1.29, 1.82) is 0 Å². The van der Waals surface area contributed by atoms with Gasteiger partial charge in [0.2, 0.25) is 0 Å². The summed E-state index contributed by atoms with van der Waals surface area (Å²) in [5, 5.41) is 1.87. The molecule has 0 bridgehead atoms. The van der Waals surface area contributed by atoms with Crippen LogP contribution in [-0.4, -0.2) is 37.0 Å². The van der Waals surface area contributed by atoms with Crippen LogP contribution in [0.2, 0.25) is 0 Å². The highest BCUT2D eigenvalue weighted by Crippen LogP contribution is 2.26. The maximum Gasteiger partial charge on any atom is 0.310 e. The predicted molar refractivity (Wildman–Crippen MR) is 72.7 cm³/mol. The molecule has 2 heterocycles. The van der Waals surface area contributed by atoms with Gasteiger partial charge in [0.1, 0.15) is 4.88 Å². The zero-order valence-electron chi connectivity index (χ0n) is 10.0. The smallest absolute Gasteiger partial charge is 0.310 e. The van der Waals surface area contributed by atoms with Crippen molar-refractivity contribution in [3.8, 4) is 0 Å². The Morgan fingerprint density at radius 2 is 2.33 bits per heavy atom. The van der Waals surface area contributed by atoms with E-state index in [2.05, 4.69) is 15.9 Å². The molecule has 0 spiro atoms. The Balaban J connectivity index is 2.07. The van der Waals surface area contributed by atoms with Gasteiger partial charge in [-0.15, -0.1) is 11.3 Å². The van der Waals surface area contributed by atoms with Gasteiger partial charge < -0.3 is 9.64 Å². The van der Waals surface area contributed by atoms with E-state index >= 15 is 0 Å². The molecule has 1 atom stereocenters. The molecular formula is C12H14BrNO3S. The minimum absolute atomic E-state index is 0.00882. The fraction of sp³-hybridized carbons (Fsp3) is 0.500. The highest BCUT2D eigenvalue weighted by molar-refractivity contribution is 9.10. The van der Waals surface area contributed by atoms with Crippen LogP contribution in [0, 0.1) is 5.92 Å². The molecule has 0 aromatic carbocycles. The lowest BCUT2D eigenvalue weighted by atomic mass is 9.98. The normalized spacial score (nSPS) is 19.7. The molecule has 2 rings (SSSR count). The van der Waals surface area contributed by atoms with Crippen LogP contribution in [0.5, 0.6) is 0 Å². The molecule has 6 heteroatoms. The van der Waals surface area contributed by atoms with Gasteiger partial charge in [-0.25, -0.2) is 0 Å². The van der Waals surface area contributed by atoms with Crippen molar-refractivity contribution in [2.24, 2.45) is 5.92 Å². The summed E-state index contributed by atoms with van der Waals surface area (Å²) in [6.45, 7) is 1.16. The second-order valence-electron chi connectivity index (χ2n) is 4.21. The van der Waals surface area contributed by atoms with E-state index in [1.165, 1.54) is 18.4 Å². The number of halogens is 1. The monoisotopic (exact) mass is 331 g/mol. The number of nitrogens with zero attached hydrogens (tertiary/aromatic N) is 1. The van der Waals surface area contributed by atoms with E-state index < -0.39 is 0 Å². The molecule has 0 saturated carbocycles. The summed E-state index contributed by atoms with van der Waals surface area (Å²) in [5.74, 6) is -0.422. The van der Waals surface area contributed by atoms with Gasteiger partial charge in [-0.2, -0.15) is 0 Å². The van der Waals surface area contributed by atoms with Gasteiger partial charge in [-0.3, -0.25) is 9.59 Å². The topological polar surface area (TPSA) is 46.6 Å². The molecule has 1 saturated heterocycles. The number of likely N-dealkylation sites (tertiary alicyclic amines) is 1. The summed E-state index contributed by atoms with van der Waals surface area (Å²) in [5.41, 5.74) is 0. The quantitative estimate of drug-likeness (QED) is 0.782. The van der Waals surface area contributed by atoms with E-state index in [0.717, 1.165) is 17.3 Å². The van der Waals surface area contributed by atoms with Gasteiger partial charge in [0, 0.05) is 17.6 Å². The van der Waals surface area contributed by atoms with E-state index in [-0.39, 0.29) is 17.8 Å². The van der Waals surface area contributed by atoms with E-state index in [1.807, 2.05) is 11.4 Å². The number of amides is 1. The van der Waals surface area contributed by atoms with Crippen LogP contribution in [0.25, 0.3) is 0 Å². The fourth-order valence-electron chi connectivity index (χ4n) is 2.11. The first-order chi connectivity index (χ1) is 8.63. The maximum atomic E-state index is 12.3. The molecule has 1 amide bonds. The molecule has 1 aliphatic rings. The number of methoxy groups -OCH3 is 1. The maximum absolute atomic E-state index is 12.3. The average Bonchev–Trinajstić information content (AvgIpc) is 2.83. The van der Waals surface area contributed by atoms with Crippen LogP contribution in [0.15, 0.2) is 15.9 Å². The average molecular weight is 332 g/mol. The van der Waals surface area contributed by atoms with Crippen LogP contribution in [-0.2, 0) is 9.53 Å². The van der Waals surface area contributed by atoms with Gasteiger partial charge >= 0.3 is 5.97 Å². The zero-order valence-corrected chi connectivity index (χ0v) is 12.4. The van der Waals surface area contributed by atoms with Gasteiger partial charge in [-0.1, -0.05) is 0 Å². The van der Waals surface area contributed by atoms with Crippen LogP contribution in [0.4, 0.5) is 0 Å². The number of rotatable bonds is 2. The number of carbonyl (C=O) groups excluding carboxylic acids is 2. The molecule has 0 radical (unpaired) electrons. The van der Waals surface area contributed by atoms with Gasteiger partial charge in [0.25, 0.3) is 5.91 Å². The lowest BCUT2D eigenvalue weighted by Gasteiger charge is -2.31. The molecule has 98 valence electrons. The van der Waals surface area contributed by atoms with Crippen molar-refractivity contribution < 1.29 is 14.3 Å². The van der Waals surface area contributed by atoms with E-state index in [4.69, 9.17) is 4.74 Å². The Morgan fingerprint density at radius 3 is 2.94 bits per heavy atom. The molecule has 1 unspecified atom stereocenters. The van der Waals surface area contributed by atoms with Crippen molar-refractivity contribution in [3.05, 3.63) is 20.8 Å². The Hall–Kier alpha value is -0.880. The number of esters is 1. The Bertz CT molecular complexity index is 460. The Morgan fingerprint density at radius 1 is 1.56 bits per heavy atom. The lowest BCUT2D eigenvalue weighted by Crippen LogP contribution is -2.42. The molecule has 1 fully saturated rings. The van der Waals surface area contributed by atoms with Crippen molar-refractivity contribution in [2.45, 2.75) is 12.8 Å². The first-order valence-electron chi connectivity index (χ1n) is 5.73. The third-order valence-electron chi connectivity index (χ3n) is 3.05. The van der Waals surface area contributed by atoms with E-state index in [9.17, 15) is 9.59 Å². The summed E-state index contributed by atoms with van der Waals surface area (Å²) in [6.07, 6.45) is 1.64. The van der Waals surface area contributed by atoms with Crippen LogP contribution >= 0.6 is 27.3 Å². The summed E-state index contributed by atoms with van der Waals surface area (Å²) >= 11 is 4.77. The van der Waals surface area contributed by atoms with Crippen LogP contribution < -0.4 is 0 Å². The summed E-state index contributed by atoms with van der Waals surface area (Å²) in [6, 6.07) is 1.86. The molecule has 1 aromatic heterocycles. The number of ether oxygens (including phenoxy) is 1. The standard InChI is InChI=1S/C12H14BrNO3S/c1-17-12(16)8-3-2-5-14(7-8)11(15)10-9(13)4-6-18-10/h4,6,8H,2-3,5,7H2,1H3. The molecule has 4 nitrogen and oxygen atoms in total. The highest BCUT2D eigenvalue weighted by atomic mass is 79.9. The largest absolute Gasteiger partial charge is 0.469 e. The Kier molecular flexibility index (Phi) is 4.40. The van der Waals surface area contributed by atoms with Crippen molar-refractivity contribution >= 4 is 39.1 Å². The minimum Gasteiger partial charge on any atom is -0.469 e. The fourth-order valence-corrected chi connectivity index (χ4v) is 3.62. The number of thiophene rings is 1. The first kappa shape index (κ1) is 13.5. The summed E-state index contributed by atoms with van der Waals surface area (Å²) in [7, 11) is 1.39.